The fourth-order valence-electron chi connectivity index (χ4n) is 6.29. The minimum absolute atomic E-state index is 0.0610. The molecule has 4 aromatic rings. The number of aromatic nitrogens is 3. The van der Waals surface area contributed by atoms with Crippen molar-refractivity contribution < 1.29 is 17.9 Å². The van der Waals surface area contributed by atoms with E-state index >= 15 is 0 Å². The van der Waals surface area contributed by atoms with Crippen LogP contribution >= 0.6 is 0 Å². The minimum atomic E-state index is -3.04. The molecule has 2 aromatic heterocycles. The van der Waals surface area contributed by atoms with E-state index in [0.29, 0.717) is 47.4 Å². The second kappa shape index (κ2) is 10.5. The van der Waals surface area contributed by atoms with Crippen LogP contribution in [0.1, 0.15) is 67.2 Å². The van der Waals surface area contributed by atoms with Gasteiger partial charge in [0.2, 0.25) is 0 Å². The number of sulfone groups is 1. The first kappa shape index (κ1) is 26.1. The van der Waals surface area contributed by atoms with E-state index in [1.54, 1.807) is 31.4 Å². The molecule has 1 aliphatic heterocycles. The summed E-state index contributed by atoms with van der Waals surface area (Å²) in [6.45, 7) is 0. The highest BCUT2D eigenvalue weighted by molar-refractivity contribution is 7.91. The molecule has 2 fully saturated rings. The zero-order valence-corrected chi connectivity index (χ0v) is 23.2. The number of nitrogens with zero attached hydrogens (tertiary/aromatic N) is 4. The lowest BCUT2D eigenvalue weighted by atomic mass is 9.84. The van der Waals surface area contributed by atoms with Crippen molar-refractivity contribution in [3.05, 3.63) is 65.6 Å². The van der Waals surface area contributed by atoms with Crippen molar-refractivity contribution in [2.75, 3.05) is 24.3 Å². The number of nitrogens with two attached hydrogens (primary N) is 1. The first-order valence-corrected chi connectivity index (χ1v) is 15.4. The molecule has 2 aromatic carbocycles. The summed E-state index contributed by atoms with van der Waals surface area (Å²) in [6, 6.07) is 14.8. The fourth-order valence-corrected chi connectivity index (χ4v) is 7.78. The molecular weight excluding hydrogens is 526 g/mol. The van der Waals surface area contributed by atoms with E-state index in [-0.39, 0.29) is 17.4 Å². The molecule has 3 heterocycles. The molecular formula is C30H31N5O4S. The van der Waals surface area contributed by atoms with Crippen LogP contribution in [0.25, 0.3) is 16.6 Å². The van der Waals surface area contributed by atoms with Crippen LogP contribution in [-0.2, 0) is 9.84 Å². The van der Waals surface area contributed by atoms with Crippen molar-refractivity contribution in [2.45, 2.75) is 50.4 Å². The van der Waals surface area contributed by atoms with Crippen LogP contribution < -0.4 is 15.2 Å². The van der Waals surface area contributed by atoms with Gasteiger partial charge in [0, 0.05) is 11.5 Å². The number of nitriles is 1. The topological polar surface area (TPSA) is 133 Å². The number of nitrogen functional groups attached to an aromatic ring is 1. The van der Waals surface area contributed by atoms with Gasteiger partial charge in [0.05, 0.1) is 35.9 Å². The number of rotatable bonds is 6. The predicted octanol–water partition coefficient (Wildman–Crippen LogP) is 5.60. The lowest BCUT2D eigenvalue weighted by Gasteiger charge is -2.25. The third-order valence-corrected chi connectivity index (χ3v) is 9.89. The molecule has 0 bridgehead atoms. The maximum absolute atomic E-state index is 12.4. The summed E-state index contributed by atoms with van der Waals surface area (Å²) in [5.74, 6) is 2.67. The van der Waals surface area contributed by atoms with Crippen molar-refractivity contribution in [2.24, 2.45) is 0 Å². The summed E-state index contributed by atoms with van der Waals surface area (Å²) >= 11 is 0. The quantitative estimate of drug-likeness (QED) is 0.324. The average molecular weight is 558 g/mol. The first-order valence-electron chi connectivity index (χ1n) is 13.6. The Hall–Kier alpha value is -4.10. The molecule has 0 unspecified atom stereocenters. The predicted molar refractivity (Wildman–Crippen MR) is 152 cm³/mol. The van der Waals surface area contributed by atoms with Gasteiger partial charge in [-0.3, -0.25) is 0 Å². The average Bonchev–Trinajstić information content (AvgIpc) is 3.60. The Morgan fingerprint density at radius 2 is 1.80 bits per heavy atom. The Balaban J connectivity index is 1.53. The van der Waals surface area contributed by atoms with Crippen LogP contribution in [-0.4, -0.2) is 41.6 Å². The first-order chi connectivity index (χ1) is 19.4. The molecule has 1 saturated heterocycles. The van der Waals surface area contributed by atoms with E-state index in [4.69, 9.17) is 15.2 Å². The normalized spacial score (nSPS) is 17.6. The second-order valence-corrected chi connectivity index (χ2v) is 12.9. The monoisotopic (exact) mass is 557 g/mol. The van der Waals surface area contributed by atoms with E-state index < -0.39 is 9.84 Å². The summed E-state index contributed by atoms with van der Waals surface area (Å²) in [5.41, 5.74) is 11.8. The van der Waals surface area contributed by atoms with E-state index in [1.165, 1.54) is 6.33 Å². The molecule has 0 atom stereocenters. The summed E-state index contributed by atoms with van der Waals surface area (Å²) in [4.78, 5) is 4.34. The Morgan fingerprint density at radius 1 is 1.02 bits per heavy atom. The number of anilines is 1. The molecule has 2 aliphatic rings. The van der Waals surface area contributed by atoms with E-state index in [2.05, 4.69) is 16.2 Å². The van der Waals surface area contributed by atoms with Gasteiger partial charge in [0.15, 0.2) is 17.3 Å². The van der Waals surface area contributed by atoms with E-state index in [1.807, 2.05) is 22.7 Å². The van der Waals surface area contributed by atoms with Crippen LogP contribution in [0.2, 0.25) is 0 Å². The molecule has 6 rings (SSSR count). The largest absolute Gasteiger partial charge is 0.493 e. The van der Waals surface area contributed by atoms with Crippen LogP contribution in [0.3, 0.4) is 0 Å². The van der Waals surface area contributed by atoms with Gasteiger partial charge in [-0.15, -0.1) is 0 Å². The van der Waals surface area contributed by atoms with Crippen LogP contribution in [0.4, 0.5) is 5.82 Å². The van der Waals surface area contributed by atoms with Crippen LogP contribution in [0.15, 0.2) is 48.8 Å². The molecule has 0 amide bonds. The highest BCUT2D eigenvalue weighted by Crippen LogP contribution is 2.49. The maximum atomic E-state index is 12.4. The zero-order chi connectivity index (χ0) is 27.9. The number of hydrogen-bond acceptors (Lipinski definition) is 8. The molecule has 206 valence electrons. The zero-order valence-electron chi connectivity index (χ0n) is 22.3. The maximum Gasteiger partial charge on any atom is 0.169 e. The molecule has 0 radical (unpaired) electrons. The lowest BCUT2D eigenvalue weighted by Crippen LogP contribution is -2.23. The van der Waals surface area contributed by atoms with Gasteiger partial charge < -0.3 is 15.2 Å². The molecule has 1 saturated carbocycles. The Morgan fingerprint density at radius 3 is 2.52 bits per heavy atom. The van der Waals surface area contributed by atoms with Gasteiger partial charge in [-0.05, 0) is 73.1 Å². The lowest BCUT2D eigenvalue weighted by molar-refractivity contribution is 0.379. The third-order valence-electron chi connectivity index (χ3n) is 8.18. The Kier molecular flexibility index (Phi) is 6.84. The van der Waals surface area contributed by atoms with E-state index in [0.717, 1.165) is 53.6 Å². The molecule has 40 heavy (non-hydrogen) atoms. The van der Waals surface area contributed by atoms with Crippen molar-refractivity contribution in [1.29, 1.82) is 5.26 Å². The third kappa shape index (κ3) is 4.75. The smallest absolute Gasteiger partial charge is 0.169 e. The van der Waals surface area contributed by atoms with Crippen molar-refractivity contribution in [1.82, 2.24) is 14.6 Å². The summed E-state index contributed by atoms with van der Waals surface area (Å²) in [5, 5.41) is 13.9. The van der Waals surface area contributed by atoms with E-state index in [9.17, 15) is 13.7 Å². The van der Waals surface area contributed by atoms with Crippen molar-refractivity contribution in [3.8, 4) is 34.4 Å². The summed E-state index contributed by atoms with van der Waals surface area (Å²) < 4.78 is 38.5. The number of ether oxygens (including phenoxy) is 2. The Labute approximate surface area is 233 Å². The molecule has 0 spiro atoms. The number of hydrogen-bond donors (Lipinski definition) is 1. The SMILES string of the molecule is COc1cc(-c2c(C3CCS(=O)(=O)CC3)c(C3CCCC3)n3ncnc(N)c23)ccc1Oc1cccc(C#N)c1. The highest BCUT2D eigenvalue weighted by Gasteiger charge is 2.36. The van der Waals surface area contributed by atoms with Crippen molar-refractivity contribution >= 4 is 21.2 Å². The van der Waals surface area contributed by atoms with Crippen LogP contribution in [0.5, 0.6) is 17.2 Å². The van der Waals surface area contributed by atoms with Gasteiger partial charge in [-0.1, -0.05) is 25.0 Å². The molecule has 10 heteroatoms. The van der Waals surface area contributed by atoms with Gasteiger partial charge in [0.25, 0.3) is 0 Å². The summed E-state index contributed by atoms with van der Waals surface area (Å²) in [6.07, 6.45) is 7.04. The molecule has 9 nitrogen and oxygen atoms in total. The van der Waals surface area contributed by atoms with Crippen LogP contribution in [0, 0.1) is 11.3 Å². The molecule has 2 N–H and O–H groups in total. The highest BCUT2D eigenvalue weighted by atomic mass is 32.2. The Bertz CT molecular complexity index is 1720. The number of benzene rings is 2. The van der Waals surface area contributed by atoms with Gasteiger partial charge in [0.1, 0.15) is 27.4 Å². The molecule has 1 aliphatic carbocycles. The summed E-state index contributed by atoms with van der Waals surface area (Å²) in [7, 11) is -1.45. The minimum Gasteiger partial charge on any atom is -0.493 e. The van der Waals surface area contributed by atoms with Gasteiger partial charge >= 0.3 is 0 Å². The second-order valence-electron chi connectivity index (χ2n) is 10.6. The van der Waals surface area contributed by atoms with Gasteiger partial charge in [-0.2, -0.15) is 10.4 Å². The number of methoxy groups -OCH3 is 1. The fraction of sp³-hybridized carbons (Fsp3) is 0.367. The van der Waals surface area contributed by atoms with Crippen molar-refractivity contribution in [3.63, 3.8) is 0 Å². The number of fused-ring (bicyclic) bond motifs is 1. The standard InChI is InChI=1S/C30H31N5O4S/c1-38-25-16-22(9-10-24(25)39-23-8-4-5-19(15-23)17-31)27-26(20-11-13-40(36,37)14-12-20)28(21-6-2-3-7-21)35-29(27)30(32)33-18-34-35/h4-5,8-10,15-16,18,20-21H,2-3,6-7,11-14H2,1H3,(H2,32,33,34). The van der Waals surface area contributed by atoms with Gasteiger partial charge in [-0.25, -0.2) is 17.9 Å².